The van der Waals surface area contributed by atoms with E-state index in [0.29, 0.717) is 24.7 Å². The summed E-state index contributed by atoms with van der Waals surface area (Å²) in [6, 6.07) is 15.0. The van der Waals surface area contributed by atoms with Crippen molar-refractivity contribution in [1.29, 1.82) is 5.26 Å². The summed E-state index contributed by atoms with van der Waals surface area (Å²) in [5.74, 6) is 1.65. The fourth-order valence-corrected chi connectivity index (χ4v) is 2.43. The van der Waals surface area contributed by atoms with Crippen LogP contribution in [-0.4, -0.2) is 44.7 Å². The molecule has 0 unspecified atom stereocenters. The van der Waals surface area contributed by atoms with E-state index in [1.165, 1.54) is 13.2 Å². The Hall–Kier alpha value is -3.46. The Balaban J connectivity index is 1.88. The van der Waals surface area contributed by atoms with Crippen LogP contribution in [0.4, 0.5) is 0 Å². The molecule has 28 heavy (non-hydrogen) atoms. The van der Waals surface area contributed by atoms with Gasteiger partial charge in [0, 0.05) is 13.1 Å². The van der Waals surface area contributed by atoms with Crippen LogP contribution in [0.2, 0.25) is 0 Å². The van der Waals surface area contributed by atoms with Gasteiger partial charge in [-0.05, 0) is 48.4 Å². The van der Waals surface area contributed by atoms with Crippen LogP contribution in [0.1, 0.15) is 11.1 Å². The Labute approximate surface area is 165 Å². The maximum atomic E-state index is 12.3. The van der Waals surface area contributed by atoms with Gasteiger partial charge in [0.2, 0.25) is 5.91 Å². The Morgan fingerprint density at radius 1 is 1.18 bits per heavy atom. The number of likely N-dealkylation sites (N-methyl/N-ethyl adjacent to an activating group) is 1. The topological polar surface area (TPSA) is 71.8 Å². The second kappa shape index (κ2) is 10.6. The number of methoxy groups -OCH3 is 1. The molecule has 2 rings (SSSR count). The van der Waals surface area contributed by atoms with Crippen molar-refractivity contribution in [2.45, 2.75) is 6.92 Å². The van der Waals surface area contributed by atoms with Crippen molar-refractivity contribution in [3.05, 3.63) is 59.7 Å². The second-order valence-corrected chi connectivity index (χ2v) is 6.12. The van der Waals surface area contributed by atoms with Gasteiger partial charge in [-0.2, -0.15) is 5.26 Å². The standard InChI is InChI=1S/C22H24N2O4/c1-17-5-4-6-19(15-17)27-14-12-24(2)22(25)10-8-18-7-9-20(28-13-11-23)21(16-18)26-3/h4-10,15-16H,12-14H2,1-3H3/b10-8+. The lowest BCUT2D eigenvalue weighted by atomic mass is 10.2. The van der Waals surface area contributed by atoms with Gasteiger partial charge in [0.1, 0.15) is 18.4 Å². The first kappa shape index (κ1) is 20.8. The van der Waals surface area contributed by atoms with E-state index in [-0.39, 0.29) is 12.5 Å². The first-order chi connectivity index (χ1) is 13.5. The highest BCUT2D eigenvalue weighted by Gasteiger charge is 2.07. The normalized spacial score (nSPS) is 10.4. The van der Waals surface area contributed by atoms with Gasteiger partial charge in [-0.3, -0.25) is 4.79 Å². The first-order valence-corrected chi connectivity index (χ1v) is 8.84. The minimum absolute atomic E-state index is 0.0561. The number of aryl methyl sites for hydroxylation is 1. The number of carbonyl (C=O) groups is 1. The van der Waals surface area contributed by atoms with Crippen molar-refractivity contribution in [3.63, 3.8) is 0 Å². The van der Waals surface area contributed by atoms with Gasteiger partial charge in [0.05, 0.1) is 13.7 Å². The molecular formula is C22H24N2O4. The lowest BCUT2D eigenvalue weighted by Gasteiger charge is -2.15. The van der Waals surface area contributed by atoms with E-state index in [4.69, 9.17) is 19.5 Å². The first-order valence-electron chi connectivity index (χ1n) is 8.84. The van der Waals surface area contributed by atoms with Crippen LogP contribution in [0.5, 0.6) is 17.2 Å². The van der Waals surface area contributed by atoms with Crippen molar-refractivity contribution >= 4 is 12.0 Å². The van der Waals surface area contributed by atoms with Gasteiger partial charge in [-0.15, -0.1) is 0 Å². The van der Waals surface area contributed by atoms with Gasteiger partial charge in [0.15, 0.2) is 18.1 Å². The second-order valence-electron chi connectivity index (χ2n) is 6.12. The van der Waals surface area contributed by atoms with E-state index < -0.39 is 0 Å². The Kier molecular flexibility index (Phi) is 7.92. The van der Waals surface area contributed by atoms with E-state index in [1.54, 1.807) is 36.2 Å². The number of amides is 1. The summed E-state index contributed by atoms with van der Waals surface area (Å²) in [5.41, 5.74) is 1.92. The van der Waals surface area contributed by atoms with Gasteiger partial charge in [-0.1, -0.05) is 18.2 Å². The molecular weight excluding hydrogens is 356 g/mol. The van der Waals surface area contributed by atoms with Crippen molar-refractivity contribution in [1.82, 2.24) is 4.90 Å². The number of hydrogen-bond acceptors (Lipinski definition) is 5. The molecule has 0 fully saturated rings. The monoisotopic (exact) mass is 380 g/mol. The molecule has 6 heteroatoms. The van der Waals surface area contributed by atoms with Gasteiger partial charge in [0.25, 0.3) is 0 Å². The summed E-state index contributed by atoms with van der Waals surface area (Å²) < 4.78 is 16.2. The van der Waals surface area contributed by atoms with Crippen molar-refractivity contribution in [2.75, 3.05) is 33.9 Å². The molecule has 0 radical (unpaired) electrons. The van der Waals surface area contributed by atoms with E-state index in [2.05, 4.69) is 0 Å². The van der Waals surface area contributed by atoms with Crippen LogP contribution in [0.15, 0.2) is 48.5 Å². The van der Waals surface area contributed by atoms with Crippen LogP contribution >= 0.6 is 0 Å². The highest BCUT2D eigenvalue weighted by Crippen LogP contribution is 2.28. The van der Waals surface area contributed by atoms with E-state index in [1.807, 2.05) is 37.3 Å². The summed E-state index contributed by atoms with van der Waals surface area (Å²) in [4.78, 5) is 13.9. The zero-order valence-corrected chi connectivity index (χ0v) is 16.3. The third-order valence-electron chi connectivity index (χ3n) is 3.96. The fraction of sp³-hybridized carbons (Fsp3) is 0.273. The lowest BCUT2D eigenvalue weighted by Crippen LogP contribution is -2.29. The number of rotatable bonds is 9. The molecule has 0 heterocycles. The minimum Gasteiger partial charge on any atom is -0.493 e. The molecule has 6 nitrogen and oxygen atoms in total. The van der Waals surface area contributed by atoms with Crippen LogP contribution in [0.25, 0.3) is 6.08 Å². The van der Waals surface area contributed by atoms with Crippen LogP contribution in [0, 0.1) is 18.3 Å². The molecule has 0 aliphatic heterocycles. The summed E-state index contributed by atoms with van der Waals surface area (Å²) >= 11 is 0. The average Bonchev–Trinajstić information content (AvgIpc) is 2.70. The molecule has 0 spiro atoms. The average molecular weight is 380 g/mol. The molecule has 0 aromatic heterocycles. The fourth-order valence-electron chi connectivity index (χ4n) is 2.43. The number of hydrogen-bond donors (Lipinski definition) is 0. The summed E-state index contributed by atoms with van der Waals surface area (Å²) in [5, 5.41) is 8.60. The number of carbonyl (C=O) groups excluding carboxylic acids is 1. The smallest absolute Gasteiger partial charge is 0.246 e. The molecule has 0 saturated heterocycles. The number of ether oxygens (including phenoxy) is 3. The number of nitrogens with zero attached hydrogens (tertiary/aromatic N) is 2. The van der Waals surface area contributed by atoms with Crippen LogP contribution in [-0.2, 0) is 4.79 Å². The maximum absolute atomic E-state index is 12.3. The SMILES string of the molecule is COc1cc(/C=C/C(=O)N(C)CCOc2cccc(C)c2)ccc1OCC#N. The quantitative estimate of drug-likeness (QED) is 0.623. The molecule has 2 aromatic carbocycles. The molecule has 0 atom stereocenters. The third-order valence-corrected chi connectivity index (χ3v) is 3.96. The lowest BCUT2D eigenvalue weighted by molar-refractivity contribution is -0.125. The molecule has 0 aliphatic rings. The zero-order valence-electron chi connectivity index (χ0n) is 16.3. The molecule has 0 bridgehead atoms. The zero-order chi connectivity index (χ0) is 20.4. The molecule has 2 aromatic rings. The van der Waals surface area contributed by atoms with Crippen LogP contribution < -0.4 is 14.2 Å². The van der Waals surface area contributed by atoms with Gasteiger partial charge in [-0.25, -0.2) is 0 Å². The Bertz CT molecular complexity index is 871. The van der Waals surface area contributed by atoms with Crippen molar-refractivity contribution < 1.29 is 19.0 Å². The summed E-state index contributed by atoms with van der Waals surface area (Å²) in [6.45, 7) is 2.84. The minimum atomic E-state index is -0.128. The van der Waals surface area contributed by atoms with Crippen molar-refractivity contribution in [2.24, 2.45) is 0 Å². The Morgan fingerprint density at radius 3 is 2.71 bits per heavy atom. The van der Waals surface area contributed by atoms with Crippen molar-refractivity contribution in [3.8, 4) is 23.3 Å². The largest absolute Gasteiger partial charge is 0.493 e. The van der Waals surface area contributed by atoms with Gasteiger partial charge < -0.3 is 19.1 Å². The van der Waals surface area contributed by atoms with E-state index >= 15 is 0 Å². The van der Waals surface area contributed by atoms with Crippen LogP contribution in [0.3, 0.4) is 0 Å². The predicted octanol–water partition coefficient (Wildman–Crippen LogP) is 3.46. The summed E-state index contributed by atoms with van der Waals surface area (Å²) in [7, 11) is 3.25. The van der Waals surface area contributed by atoms with E-state index in [9.17, 15) is 4.79 Å². The van der Waals surface area contributed by atoms with Gasteiger partial charge >= 0.3 is 0 Å². The molecule has 146 valence electrons. The Morgan fingerprint density at radius 2 is 2.00 bits per heavy atom. The third kappa shape index (κ3) is 6.36. The molecule has 0 aliphatic carbocycles. The highest BCUT2D eigenvalue weighted by atomic mass is 16.5. The highest BCUT2D eigenvalue weighted by molar-refractivity contribution is 5.91. The molecule has 0 N–H and O–H groups in total. The van der Waals surface area contributed by atoms with E-state index in [0.717, 1.165) is 16.9 Å². The predicted molar refractivity (Wildman–Crippen MR) is 107 cm³/mol. The molecule has 0 saturated carbocycles. The number of nitriles is 1. The number of benzene rings is 2. The maximum Gasteiger partial charge on any atom is 0.246 e. The molecule has 1 amide bonds. The summed E-state index contributed by atoms with van der Waals surface area (Å²) in [6.07, 6.45) is 3.20.